The summed E-state index contributed by atoms with van der Waals surface area (Å²) in [6.45, 7) is 2.85. The molecular weight excluding hydrogens is 390 g/mol. The van der Waals surface area contributed by atoms with Gasteiger partial charge in [-0.2, -0.15) is 0 Å². The molecule has 1 aromatic heterocycles. The number of aromatic nitrogens is 1. The Bertz CT molecular complexity index is 1120. The molecule has 0 amide bonds. The fourth-order valence-electron chi connectivity index (χ4n) is 5.29. The van der Waals surface area contributed by atoms with Crippen molar-refractivity contribution in [3.05, 3.63) is 51.3 Å². The van der Waals surface area contributed by atoms with Crippen LogP contribution < -0.4 is 10.2 Å². The van der Waals surface area contributed by atoms with Crippen LogP contribution in [-0.2, 0) is 16.7 Å². The van der Waals surface area contributed by atoms with Crippen LogP contribution in [0, 0.1) is 5.92 Å². The summed E-state index contributed by atoms with van der Waals surface area (Å²) in [5, 5.41) is 0. The van der Waals surface area contributed by atoms with Crippen molar-refractivity contribution in [3.63, 3.8) is 0 Å². The Balaban J connectivity index is 1.48. The lowest BCUT2D eigenvalue weighted by Crippen LogP contribution is -2.46. The number of nitrogens with zero attached hydrogens (tertiary/aromatic N) is 1. The van der Waals surface area contributed by atoms with E-state index in [1.165, 1.54) is 43.2 Å². The van der Waals surface area contributed by atoms with E-state index in [2.05, 4.69) is 16.7 Å². The molecule has 0 bridgehead atoms. The highest BCUT2D eigenvalue weighted by Crippen LogP contribution is 2.52. The Kier molecular flexibility index (Phi) is 4.31. The number of rotatable bonds is 6. The van der Waals surface area contributed by atoms with Crippen molar-refractivity contribution < 1.29 is 14.3 Å². The molecule has 1 spiro atoms. The van der Waals surface area contributed by atoms with Crippen molar-refractivity contribution in [1.29, 1.82) is 0 Å². The Morgan fingerprint density at radius 2 is 1.97 bits per heavy atom. The highest BCUT2D eigenvalue weighted by Gasteiger charge is 2.44. The third-order valence-corrected chi connectivity index (χ3v) is 7.56. The van der Waals surface area contributed by atoms with Gasteiger partial charge in [0.2, 0.25) is 0 Å². The number of carbonyl (C=O) groups excluding carboxylic acids is 1. The van der Waals surface area contributed by atoms with Gasteiger partial charge >= 0.3 is 5.97 Å². The first-order chi connectivity index (χ1) is 15.1. The van der Waals surface area contributed by atoms with Gasteiger partial charge in [0.25, 0.3) is 0 Å². The lowest BCUT2D eigenvalue weighted by atomic mass is 9.69. The number of fused-ring (bicyclic) bond motifs is 4. The molecule has 0 N–H and O–H groups in total. The van der Waals surface area contributed by atoms with E-state index in [9.17, 15) is 9.59 Å². The zero-order chi connectivity index (χ0) is 21.2. The lowest BCUT2D eigenvalue weighted by Gasteiger charge is -2.49. The second kappa shape index (κ2) is 6.98. The summed E-state index contributed by atoms with van der Waals surface area (Å²) in [4.78, 5) is 25.3. The van der Waals surface area contributed by atoms with Gasteiger partial charge in [0.05, 0.1) is 18.9 Å². The van der Waals surface area contributed by atoms with E-state index in [4.69, 9.17) is 9.47 Å². The second-order valence-corrected chi connectivity index (χ2v) is 9.86. The molecule has 1 aromatic carbocycles. The summed E-state index contributed by atoms with van der Waals surface area (Å²) >= 11 is 0. The van der Waals surface area contributed by atoms with Crippen molar-refractivity contribution in [2.75, 3.05) is 13.2 Å². The quantitative estimate of drug-likeness (QED) is 0.632. The Labute approximate surface area is 182 Å². The van der Waals surface area contributed by atoms with Crippen molar-refractivity contribution in [2.45, 2.75) is 69.7 Å². The van der Waals surface area contributed by atoms with Gasteiger partial charge in [-0.15, -0.1) is 0 Å². The molecule has 2 heterocycles. The fraction of sp³-hybridized carbons (Fsp3) is 0.538. The van der Waals surface area contributed by atoms with Crippen LogP contribution in [0.4, 0.5) is 0 Å². The average molecular weight is 420 g/mol. The summed E-state index contributed by atoms with van der Waals surface area (Å²) < 4.78 is 13.7. The molecule has 3 fully saturated rings. The smallest absolute Gasteiger partial charge is 0.343 e. The van der Waals surface area contributed by atoms with Gasteiger partial charge in [0.15, 0.2) is 5.43 Å². The maximum atomic E-state index is 12.9. The first-order valence-electron chi connectivity index (χ1n) is 11.8. The predicted octanol–water partition coefficient (Wildman–Crippen LogP) is 4.79. The third-order valence-electron chi connectivity index (χ3n) is 7.56. The number of ether oxygens (including phenoxy) is 2. The highest BCUT2D eigenvalue weighted by atomic mass is 16.5. The number of benzene rings is 1. The lowest BCUT2D eigenvalue weighted by molar-refractivity contribution is 0.0521. The van der Waals surface area contributed by atoms with E-state index in [1.54, 1.807) is 19.2 Å². The molecule has 6 rings (SSSR count). The molecule has 0 radical (unpaired) electrons. The number of hydrogen-bond donors (Lipinski definition) is 0. The molecule has 0 saturated heterocycles. The molecule has 2 aromatic rings. The SMILES string of the molecule is CCOC(=O)c1cn2c(cc1=O)-c1cc(C3CC3)c(OCC3CC3)cc1CC21CCC1. The molecule has 0 unspecified atom stereocenters. The minimum absolute atomic E-state index is 0.0495. The first-order valence-corrected chi connectivity index (χ1v) is 11.8. The van der Waals surface area contributed by atoms with E-state index in [0.29, 0.717) is 5.92 Å². The maximum Gasteiger partial charge on any atom is 0.343 e. The molecular formula is C26H29NO4. The molecule has 31 heavy (non-hydrogen) atoms. The van der Waals surface area contributed by atoms with Gasteiger partial charge in [0.1, 0.15) is 11.3 Å². The molecule has 5 heteroatoms. The van der Waals surface area contributed by atoms with Crippen LogP contribution in [0.5, 0.6) is 5.75 Å². The van der Waals surface area contributed by atoms with Gasteiger partial charge in [-0.3, -0.25) is 4.79 Å². The van der Waals surface area contributed by atoms with Crippen LogP contribution in [0.1, 0.15) is 79.3 Å². The van der Waals surface area contributed by atoms with Crippen molar-refractivity contribution in [1.82, 2.24) is 4.57 Å². The van der Waals surface area contributed by atoms with Crippen LogP contribution in [-0.4, -0.2) is 23.8 Å². The van der Waals surface area contributed by atoms with Crippen molar-refractivity contribution in [3.8, 4) is 17.0 Å². The molecule has 0 atom stereocenters. The van der Waals surface area contributed by atoms with E-state index >= 15 is 0 Å². The number of carbonyl (C=O) groups is 1. The highest BCUT2D eigenvalue weighted by molar-refractivity contribution is 5.89. The largest absolute Gasteiger partial charge is 0.493 e. The van der Waals surface area contributed by atoms with Crippen LogP contribution in [0.2, 0.25) is 0 Å². The van der Waals surface area contributed by atoms with Crippen molar-refractivity contribution in [2.24, 2.45) is 5.92 Å². The average Bonchev–Trinajstić information content (AvgIpc) is 3.63. The number of pyridine rings is 1. The van der Waals surface area contributed by atoms with Crippen LogP contribution in [0.3, 0.4) is 0 Å². The second-order valence-electron chi connectivity index (χ2n) is 9.86. The van der Waals surface area contributed by atoms with E-state index in [0.717, 1.165) is 48.8 Å². The minimum atomic E-state index is -0.523. The molecule has 4 aliphatic rings. The Morgan fingerprint density at radius 3 is 2.61 bits per heavy atom. The standard InChI is InChI=1S/C26H29NO4/c1-2-30-25(29)21-14-27-22(12-23(21)28)19-11-20(17-6-7-17)24(31-15-16-4-5-16)10-18(19)13-26(27)8-3-9-26/h10-12,14,16-17H,2-9,13,15H2,1H3. The van der Waals surface area contributed by atoms with E-state index in [1.807, 2.05) is 0 Å². The van der Waals surface area contributed by atoms with Gasteiger partial charge in [-0.25, -0.2) is 4.79 Å². The number of esters is 1. The summed E-state index contributed by atoms with van der Waals surface area (Å²) in [5.74, 6) is 1.83. The van der Waals surface area contributed by atoms with Crippen LogP contribution in [0.15, 0.2) is 29.2 Å². The number of hydrogen-bond acceptors (Lipinski definition) is 4. The topological polar surface area (TPSA) is 57.5 Å². The Morgan fingerprint density at radius 1 is 1.16 bits per heavy atom. The zero-order valence-corrected chi connectivity index (χ0v) is 18.1. The van der Waals surface area contributed by atoms with Crippen LogP contribution in [0.25, 0.3) is 11.3 Å². The zero-order valence-electron chi connectivity index (χ0n) is 18.1. The molecule has 1 aliphatic heterocycles. The fourth-order valence-corrected chi connectivity index (χ4v) is 5.29. The molecule has 3 aliphatic carbocycles. The van der Waals surface area contributed by atoms with Gasteiger partial charge in [0, 0.05) is 23.4 Å². The van der Waals surface area contributed by atoms with Crippen molar-refractivity contribution >= 4 is 5.97 Å². The monoisotopic (exact) mass is 419 g/mol. The maximum absolute atomic E-state index is 12.9. The molecule has 5 nitrogen and oxygen atoms in total. The first kappa shape index (κ1) is 19.1. The third kappa shape index (κ3) is 3.20. The summed E-state index contributed by atoms with van der Waals surface area (Å²) in [5.41, 5.74) is 4.48. The van der Waals surface area contributed by atoms with Gasteiger partial charge in [-0.05, 0) is 93.4 Å². The summed E-state index contributed by atoms with van der Waals surface area (Å²) in [7, 11) is 0. The predicted molar refractivity (Wildman–Crippen MR) is 118 cm³/mol. The van der Waals surface area contributed by atoms with Gasteiger partial charge in [-0.1, -0.05) is 0 Å². The van der Waals surface area contributed by atoms with Gasteiger partial charge < -0.3 is 14.0 Å². The Hall–Kier alpha value is -2.56. The summed E-state index contributed by atoms with van der Waals surface area (Å²) in [6, 6.07) is 6.19. The summed E-state index contributed by atoms with van der Waals surface area (Å²) in [6.07, 6.45) is 11.0. The molecule has 162 valence electrons. The molecule has 3 saturated carbocycles. The van der Waals surface area contributed by atoms with E-state index < -0.39 is 5.97 Å². The van der Waals surface area contributed by atoms with E-state index in [-0.39, 0.29) is 23.1 Å². The van der Waals surface area contributed by atoms with Crippen LogP contribution >= 0.6 is 0 Å². The minimum Gasteiger partial charge on any atom is -0.493 e. The normalized spacial score (nSPS) is 20.5.